The molecule has 0 aromatic heterocycles. The zero-order chi connectivity index (χ0) is 14.5. The lowest BCUT2D eigenvalue weighted by Crippen LogP contribution is -2.33. The molecule has 20 heavy (non-hydrogen) atoms. The van der Waals surface area contributed by atoms with E-state index in [2.05, 4.69) is 5.32 Å². The van der Waals surface area contributed by atoms with Crippen LogP contribution in [0.5, 0.6) is 0 Å². The van der Waals surface area contributed by atoms with Crippen molar-refractivity contribution in [2.24, 2.45) is 5.92 Å². The Morgan fingerprint density at radius 3 is 2.20 bits per heavy atom. The fraction of sp³-hybridized carbons (Fsp3) is 0.571. The summed E-state index contributed by atoms with van der Waals surface area (Å²) in [6, 6.07) is 5.37. The monoisotopic (exact) mass is 291 g/mol. The van der Waals surface area contributed by atoms with Crippen LogP contribution in [0.4, 0.5) is 17.6 Å². The second kappa shape index (κ2) is 7.04. The number of halogens is 4. The molecule has 6 heteroatoms. The molecule has 0 radical (unpaired) electrons. The van der Waals surface area contributed by atoms with Gasteiger partial charge in [-0.1, -0.05) is 12.1 Å². The van der Waals surface area contributed by atoms with Crippen molar-refractivity contribution >= 4 is 0 Å². The molecule has 0 bridgehead atoms. The predicted octanol–water partition coefficient (Wildman–Crippen LogP) is 3.44. The van der Waals surface area contributed by atoms with Crippen LogP contribution in [0.15, 0.2) is 24.3 Å². The van der Waals surface area contributed by atoms with Crippen molar-refractivity contribution in [3.63, 3.8) is 0 Å². The number of rotatable bonds is 5. The lowest BCUT2D eigenvalue weighted by atomic mass is 9.88. The summed E-state index contributed by atoms with van der Waals surface area (Å²) in [7, 11) is 0. The molecule has 0 amide bonds. The summed E-state index contributed by atoms with van der Waals surface area (Å²) in [5, 5.41) is 3.15. The van der Waals surface area contributed by atoms with Crippen molar-refractivity contribution in [2.45, 2.75) is 31.7 Å². The molecule has 1 aliphatic rings. The van der Waals surface area contributed by atoms with E-state index in [0.29, 0.717) is 18.4 Å². The zero-order valence-corrected chi connectivity index (χ0v) is 10.9. The summed E-state index contributed by atoms with van der Waals surface area (Å²) in [6.45, 7) is 1.47. The second-order valence-corrected chi connectivity index (χ2v) is 4.88. The Kier molecular flexibility index (Phi) is 5.37. The van der Waals surface area contributed by atoms with E-state index in [9.17, 15) is 17.6 Å². The van der Waals surface area contributed by atoms with E-state index in [1.807, 2.05) is 0 Å². The van der Waals surface area contributed by atoms with E-state index in [1.165, 1.54) is 24.3 Å². The Labute approximate surface area is 115 Å². The van der Waals surface area contributed by atoms with Gasteiger partial charge in [-0.25, -0.2) is 17.6 Å². The van der Waals surface area contributed by atoms with Gasteiger partial charge in [0, 0.05) is 0 Å². The minimum absolute atomic E-state index is 0.0567. The van der Waals surface area contributed by atoms with E-state index < -0.39 is 24.7 Å². The number of nitrogens with one attached hydrogen (secondary N) is 1. The van der Waals surface area contributed by atoms with Crippen molar-refractivity contribution in [2.75, 3.05) is 13.1 Å². The van der Waals surface area contributed by atoms with E-state index in [-0.39, 0.29) is 5.92 Å². The first-order valence-electron chi connectivity index (χ1n) is 6.62. The molecule has 1 N–H and O–H groups in total. The predicted molar refractivity (Wildman–Crippen MR) is 66.7 cm³/mol. The van der Waals surface area contributed by atoms with Gasteiger partial charge in [0.15, 0.2) is 0 Å². The molecule has 1 aromatic rings. The second-order valence-electron chi connectivity index (χ2n) is 4.88. The third kappa shape index (κ3) is 3.93. The Morgan fingerprint density at radius 1 is 1.05 bits per heavy atom. The standard InChI is InChI=1S/C14H17F4NO/c15-11-3-1-9(2-4-11)12(20-14(18)13(16)17)10-5-7-19-8-6-10/h1-4,10,12-14,19H,5-8H2. The summed E-state index contributed by atoms with van der Waals surface area (Å²) in [6.07, 6.45) is -5.17. The minimum Gasteiger partial charge on any atom is -0.335 e. The lowest BCUT2D eigenvalue weighted by molar-refractivity contribution is -0.174. The summed E-state index contributed by atoms with van der Waals surface area (Å²) >= 11 is 0. The molecule has 2 nitrogen and oxygen atoms in total. The molecule has 0 aliphatic carbocycles. The molecular formula is C14H17F4NO. The molecule has 1 heterocycles. The normalized spacial score (nSPS) is 20.1. The van der Waals surface area contributed by atoms with Crippen LogP contribution in [0.3, 0.4) is 0 Å². The van der Waals surface area contributed by atoms with Crippen LogP contribution in [-0.4, -0.2) is 25.9 Å². The maximum absolute atomic E-state index is 13.2. The summed E-state index contributed by atoms with van der Waals surface area (Å²) in [5.41, 5.74) is 0.529. The molecule has 2 atom stereocenters. The maximum Gasteiger partial charge on any atom is 0.293 e. The molecule has 1 aromatic carbocycles. The number of hydrogen-bond acceptors (Lipinski definition) is 2. The molecular weight excluding hydrogens is 274 g/mol. The average molecular weight is 291 g/mol. The highest BCUT2D eigenvalue weighted by molar-refractivity contribution is 5.19. The molecule has 0 saturated carbocycles. The van der Waals surface area contributed by atoms with Gasteiger partial charge in [-0.05, 0) is 49.5 Å². The van der Waals surface area contributed by atoms with Crippen molar-refractivity contribution in [3.05, 3.63) is 35.6 Å². The van der Waals surface area contributed by atoms with E-state index >= 15 is 0 Å². The van der Waals surface area contributed by atoms with Crippen molar-refractivity contribution in [1.29, 1.82) is 0 Å². The van der Waals surface area contributed by atoms with Gasteiger partial charge in [-0.3, -0.25) is 0 Å². The van der Waals surface area contributed by atoms with Crippen LogP contribution in [-0.2, 0) is 4.74 Å². The van der Waals surface area contributed by atoms with E-state index in [4.69, 9.17) is 4.74 Å². The highest BCUT2D eigenvalue weighted by atomic mass is 19.3. The average Bonchev–Trinajstić information content (AvgIpc) is 2.46. The first kappa shape index (κ1) is 15.3. The van der Waals surface area contributed by atoms with Gasteiger partial charge in [0.05, 0.1) is 6.10 Å². The summed E-state index contributed by atoms with van der Waals surface area (Å²) in [5.74, 6) is -0.484. The fourth-order valence-electron chi connectivity index (χ4n) is 2.46. The minimum atomic E-state index is -3.18. The number of benzene rings is 1. The molecule has 2 unspecified atom stereocenters. The quantitative estimate of drug-likeness (QED) is 0.839. The van der Waals surface area contributed by atoms with Gasteiger partial charge in [0.2, 0.25) is 0 Å². The molecule has 0 spiro atoms. The highest BCUT2D eigenvalue weighted by Crippen LogP contribution is 2.34. The third-order valence-electron chi connectivity index (χ3n) is 3.49. The van der Waals surface area contributed by atoms with Crippen LogP contribution < -0.4 is 5.32 Å². The maximum atomic E-state index is 13.2. The first-order valence-corrected chi connectivity index (χ1v) is 6.62. The highest BCUT2D eigenvalue weighted by Gasteiger charge is 2.31. The van der Waals surface area contributed by atoms with Gasteiger partial charge in [-0.2, -0.15) is 0 Å². The van der Waals surface area contributed by atoms with E-state index in [1.54, 1.807) is 0 Å². The Balaban J connectivity index is 2.16. The Morgan fingerprint density at radius 2 is 1.65 bits per heavy atom. The van der Waals surface area contributed by atoms with Crippen LogP contribution >= 0.6 is 0 Å². The van der Waals surface area contributed by atoms with Crippen LogP contribution in [0.2, 0.25) is 0 Å². The summed E-state index contributed by atoms with van der Waals surface area (Å²) < 4.78 is 55.8. The molecule has 1 aliphatic heterocycles. The number of piperidine rings is 1. The Bertz CT molecular complexity index is 406. The van der Waals surface area contributed by atoms with Gasteiger partial charge in [-0.15, -0.1) is 0 Å². The smallest absolute Gasteiger partial charge is 0.293 e. The Hall–Kier alpha value is -1.14. The van der Waals surface area contributed by atoms with Gasteiger partial charge < -0.3 is 10.1 Å². The molecule has 1 fully saturated rings. The van der Waals surface area contributed by atoms with E-state index in [0.717, 1.165) is 13.1 Å². The van der Waals surface area contributed by atoms with Crippen LogP contribution in [0.25, 0.3) is 0 Å². The topological polar surface area (TPSA) is 21.3 Å². The number of hydrogen-bond donors (Lipinski definition) is 1. The first-order chi connectivity index (χ1) is 9.58. The largest absolute Gasteiger partial charge is 0.335 e. The third-order valence-corrected chi connectivity index (χ3v) is 3.49. The fourth-order valence-corrected chi connectivity index (χ4v) is 2.46. The van der Waals surface area contributed by atoms with Crippen molar-refractivity contribution < 1.29 is 22.3 Å². The van der Waals surface area contributed by atoms with Crippen LogP contribution in [0.1, 0.15) is 24.5 Å². The van der Waals surface area contributed by atoms with Gasteiger partial charge in [0.25, 0.3) is 12.8 Å². The summed E-state index contributed by atoms with van der Waals surface area (Å²) in [4.78, 5) is 0. The zero-order valence-electron chi connectivity index (χ0n) is 10.9. The van der Waals surface area contributed by atoms with Gasteiger partial charge >= 0.3 is 0 Å². The lowest BCUT2D eigenvalue weighted by Gasteiger charge is -2.31. The molecule has 1 saturated heterocycles. The molecule has 112 valence electrons. The SMILES string of the molecule is Fc1ccc(C(OC(F)C(F)F)C2CCNCC2)cc1. The van der Waals surface area contributed by atoms with Crippen molar-refractivity contribution in [1.82, 2.24) is 5.32 Å². The molecule has 2 rings (SSSR count). The van der Waals surface area contributed by atoms with Crippen LogP contribution in [0, 0.1) is 11.7 Å². The number of alkyl halides is 3. The number of ether oxygens (including phenoxy) is 1. The van der Waals surface area contributed by atoms with Crippen molar-refractivity contribution in [3.8, 4) is 0 Å². The van der Waals surface area contributed by atoms with Gasteiger partial charge in [0.1, 0.15) is 5.82 Å².